The maximum absolute atomic E-state index is 12.4. The summed E-state index contributed by atoms with van der Waals surface area (Å²) in [5.74, 6) is -0.139. The summed E-state index contributed by atoms with van der Waals surface area (Å²) in [6.45, 7) is 1.83. The quantitative estimate of drug-likeness (QED) is 0.337. The fourth-order valence-corrected chi connectivity index (χ4v) is 2.67. The Morgan fingerprint density at radius 1 is 1.45 bits per heavy atom. The molecule has 1 amide bonds. The van der Waals surface area contributed by atoms with Crippen LogP contribution in [0.1, 0.15) is 48.2 Å². The van der Waals surface area contributed by atoms with Crippen LogP contribution < -0.4 is 11.1 Å². The minimum absolute atomic E-state index is 0.0799. The first kappa shape index (κ1) is 14.3. The highest BCUT2D eigenvalue weighted by Crippen LogP contribution is 2.28. The Hall–Kier alpha value is -2.11. The smallest absolute Gasteiger partial charge is 0.252 e. The number of hydrogen-bond acceptors (Lipinski definition) is 4. The van der Waals surface area contributed by atoms with Crippen molar-refractivity contribution in [3.63, 3.8) is 0 Å². The van der Waals surface area contributed by atoms with Crippen LogP contribution in [0.2, 0.25) is 0 Å². The number of pyridine rings is 1. The Bertz CT molecular complexity index is 522. The molecular weight excluding hydrogens is 256 g/mol. The van der Waals surface area contributed by atoms with Crippen LogP contribution in [-0.2, 0) is 0 Å². The van der Waals surface area contributed by atoms with Gasteiger partial charge < -0.3 is 16.3 Å². The van der Waals surface area contributed by atoms with Gasteiger partial charge in [0.05, 0.1) is 0 Å². The second kappa shape index (κ2) is 5.90. The summed E-state index contributed by atoms with van der Waals surface area (Å²) >= 11 is 0. The first-order chi connectivity index (χ1) is 9.57. The van der Waals surface area contributed by atoms with Crippen molar-refractivity contribution in [3.8, 4) is 0 Å². The SMILES string of the molecule is Cc1cc(C(=O)NC2(/C(N)=N/O)CCCCC2)ccn1. The number of oxime groups is 1. The Kier molecular flexibility index (Phi) is 4.22. The average Bonchev–Trinajstić information content (AvgIpc) is 2.47. The van der Waals surface area contributed by atoms with Crippen molar-refractivity contribution in [3.05, 3.63) is 29.6 Å². The molecule has 6 nitrogen and oxygen atoms in total. The fraction of sp³-hybridized carbons (Fsp3) is 0.500. The number of carbonyl (C=O) groups is 1. The molecule has 0 saturated heterocycles. The van der Waals surface area contributed by atoms with E-state index >= 15 is 0 Å². The van der Waals surface area contributed by atoms with Crippen LogP contribution in [0.4, 0.5) is 0 Å². The zero-order valence-corrected chi connectivity index (χ0v) is 11.6. The number of hydrogen-bond donors (Lipinski definition) is 3. The van der Waals surface area contributed by atoms with Crippen molar-refractivity contribution in [1.82, 2.24) is 10.3 Å². The molecule has 0 aromatic carbocycles. The highest BCUT2D eigenvalue weighted by Gasteiger charge is 2.38. The van der Waals surface area contributed by atoms with Crippen molar-refractivity contribution in [1.29, 1.82) is 0 Å². The van der Waals surface area contributed by atoms with Gasteiger partial charge in [-0.1, -0.05) is 24.4 Å². The largest absolute Gasteiger partial charge is 0.409 e. The van der Waals surface area contributed by atoms with Gasteiger partial charge in [0.1, 0.15) is 5.54 Å². The van der Waals surface area contributed by atoms with E-state index in [-0.39, 0.29) is 11.7 Å². The molecule has 0 radical (unpaired) electrons. The van der Waals surface area contributed by atoms with Gasteiger partial charge in [0.15, 0.2) is 5.84 Å². The van der Waals surface area contributed by atoms with E-state index in [2.05, 4.69) is 15.5 Å². The van der Waals surface area contributed by atoms with Gasteiger partial charge >= 0.3 is 0 Å². The maximum Gasteiger partial charge on any atom is 0.252 e. The number of aromatic nitrogens is 1. The number of amides is 1. The van der Waals surface area contributed by atoms with Crippen LogP contribution in [-0.4, -0.2) is 27.5 Å². The number of nitrogens with one attached hydrogen (secondary N) is 1. The van der Waals surface area contributed by atoms with Gasteiger partial charge in [-0.25, -0.2) is 0 Å². The summed E-state index contributed by atoms with van der Waals surface area (Å²) < 4.78 is 0. The molecule has 1 saturated carbocycles. The highest BCUT2D eigenvalue weighted by molar-refractivity contribution is 6.00. The number of nitrogens with zero attached hydrogens (tertiary/aromatic N) is 2. The number of aryl methyl sites for hydroxylation is 1. The van der Waals surface area contributed by atoms with E-state index in [0.717, 1.165) is 25.0 Å². The number of rotatable bonds is 3. The Morgan fingerprint density at radius 3 is 2.75 bits per heavy atom. The maximum atomic E-state index is 12.4. The van der Waals surface area contributed by atoms with Crippen LogP contribution in [0.25, 0.3) is 0 Å². The monoisotopic (exact) mass is 276 g/mol. The van der Waals surface area contributed by atoms with Crippen LogP contribution in [0, 0.1) is 6.92 Å². The number of amidine groups is 1. The van der Waals surface area contributed by atoms with Crippen LogP contribution in [0.5, 0.6) is 0 Å². The molecule has 0 atom stereocenters. The molecule has 1 aromatic heterocycles. The zero-order valence-electron chi connectivity index (χ0n) is 11.6. The second-order valence-electron chi connectivity index (χ2n) is 5.27. The van der Waals surface area contributed by atoms with Crippen molar-refractivity contribution in [2.45, 2.75) is 44.6 Å². The number of nitrogens with two attached hydrogens (primary N) is 1. The lowest BCUT2D eigenvalue weighted by Gasteiger charge is -2.36. The van der Waals surface area contributed by atoms with Gasteiger partial charge in [0.2, 0.25) is 0 Å². The molecular formula is C14H20N4O2. The summed E-state index contributed by atoms with van der Waals surface area (Å²) in [7, 11) is 0. The van der Waals surface area contributed by atoms with Gasteiger partial charge in [-0.05, 0) is 31.9 Å². The van der Waals surface area contributed by atoms with Gasteiger partial charge in [0, 0.05) is 17.5 Å². The molecule has 2 rings (SSSR count). The van der Waals surface area contributed by atoms with E-state index in [0.29, 0.717) is 18.4 Å². The minimum atomic E-state index is -0.735. The van der Waals surface area contributed by atoms with E-state index in [9.17, 15) is 4.79 Å². The molecule has 1 heterocycles. The van der Waals surface area contributed by atoms with Crippen LogP contribution in [0.15, 0.2) is 23.5 Å². The van der Waals surface area contributed by atoms with Gasteiger partial charge in [-0.2, -0.15) is 0 Å². The van der Waals surface area contributed by atoms with E-state index < -0.39 is 5.54 Å². The van der Waals surface area contributed by atoms with E-state index in [4.69, 9.17) is 10.9 Å². The summed E-state index contributed by atoms with van der Waals surface area (Å²) in [5.41, 5.74) is 6.39. The lowest BCUT2D eigenvalue weighted by Crippen LogP contribution is -2.58. The topological polar surface area (TPSA) is 101 Å². The summed E-state index contributed by atoms with van der Waals surface area (Å²) in [4.78, 5) is 16.4. The van der Waals surface area contributed by atoms with E-state index in [1.807, 2.05) is 6.92 Å². The lowest BCUT2D eigenvalue weighted by molar-refractivity contribution is 0.0905. The third kappa shape index (κ3) is 2.89. The van der Waals surface area contributed by atoms with Crippen molar-refractivity contribution in [2.24, 2.45) is 10.9 Å². The fourth-order valence-electron chi connectivity index (χ4n) is 2.67. The van der Waals surface area contributed by atoms with Crippen LogP contribution >= 0.6 is 0 Å². The van der Waals surface area contributed by atoms with Gasteiger partial charge in [-0.3, -0.25) is 9.78 Å². The molecule has 1 aliphatic carbocycles. The number of carbonyl (C=O) groups excluding carboxylic acids is 1. The summed E-state index contributed by atoms with van der Waals surface area (Å²) in [6, 6.07) is 3.38. The minimum Gasteiger partial charge on any atom is -0.409 e. The molecule has 6 heteroatoms. The van der Waals surface area contributed by atoms with Crippen molar-refractivity contribution < 1.29 is 10.0 Å². The molecule has 1 aliphatic rings. The average molecular weight is 276 g/mol. The molecule has 0 unspecified atom stereocenters. The zero-order chi connectivity index (χ0) is 14.6. The molecule has 1 aromatic rings. The molecule has 0 aliphatic heterocycles. The Labute approximate surface area is 118 Å². The summed E-state index contributed by atoms with van der Waals surface area (Å²) in [5, 5.41) is 15.0. The standard InChI is InChI=1S/C14H20N4O2/c1-10-9-11(5-8-16-10)12(19)17-14(13(15)18-20)6-3-2-4-7-14/h5,8-9,20H,2-4,6-7H2,1H3,(H2,15,18)(H,17,19). The first-order valence-corrected chi connectivity index (χ1v) is 6.80. The molecule has 0 bridgehead atoms. The molecule has 20 heavy (non-hydrogen) atoms. The first-order valence-electron chi connectivity index (χ1n) is 6.80. The van der Waals surface area contributed by atoms with Gasteiger partial charge in [-0.15, -0.1) is 0 Å². The highest BCUT2D eigenvalue weighted by atomic mass is 16.4. The molecule has 0 spiro atoms. The normalized spacial score (nSPS) is 18.6. The van der Waals surface area contributed by atoms with E-state index in [1.54, 1.807) is 18.3 Å². The van der Waals surface area contributed by atoms with Crippen molar-refractivity contribution in [2.75, 3.05) is 0 Å². The van der Waals surface area contributed by atoms with E-state index in [1.165, 1.54) is 0 Å². The molecule has 4 N–H and O–H groups in total. The second-order valence-corrected chi connectivity index (χ2v) is 5.27. The Balaban J connectivity index is 2.22. The molecule has 108 valence electrons. The predicted octanol–water partition coefficient (Wildman–Crippen LogP) is 1.57. The Morgan fingerprint density at radius 2 is 2.15 bits per heavy atom. The third-order valence-electron chi connectivity index (χ3n) is 3.82. The lowest BCUT2D eigenvalue weighted by atomic mass is 9.80. The summed E-state index contributed by atoms with van der Waals surface area (Å²) in [6.07, 6.45) is 5.99. The van der Waals surface area contributed by atoms with Gasteiger partial charge in [0.25, 0.3) is 5.91 Å². The van der Waals surface area contributed by atoms with Crippen molar-refractivity contribution >= 4 is 11.7 Å². The molecule has 1 fully saturated rings. The third-order valence-corrected chi connectivity index (χ3v) is 3.82. The predicted molar refractivity (Wildman–Crippen MR) is 75.7 cm³/mol. The van der Waals surface area contributed by atoms with Crippen LogP contribution in [0.3, 0.4) is 0 Å².